The Morgan fingerprint density at radius 1 is 1.16 bits per heavy atom. The van der Waals surface area contributed by atoms with Crippen molar-refractivity contribution in [1.29, 1.82) is 0 Å². The van der Waals surface area contributed by atoms with Gasteiger partial charge in [-0.25, -0.2) is 0 Å². The predicted octanol–water partition coefficient (Wildman–Crippen LogP) is 4.66. The molecule has 1 aliphatic heterocycles. The van der Waals surface area contributed by atoms with E-state index in [2.05, 4.69) is 15.9 Å². The standard InChI is InChI=1S/C15H12BrClO2/c16-12-4-2-1-3-10(12)15-8-13(18)11-7-9(17)5-6-14(11)19-15/h1-7,13,15,18H,8H2/t13-,15?/m1/s1. The van der Waals surface area contributed by atoms with E-state index in [0.717, 1.165) is 15.6 Å². The molecule has 0 spiro atoms. The maximum absolute atomic E-state index is 10.3. The van der Waals surface area contributed by atoms with E-state index in [4.69, 9.17) is 16.3 Å². The van der Waals surface area contributed by atoms with Gasteiger partial charge >= 0.3 is 0 Å². The third kappa shape index (κ3) is 2.50. The lowest BCUT2D eigenvalue weighted by Crippen LogP contribution is -2.19. The second-order valence-electron chi connectivity index (χ2n) is 4.56. The van der Waals surface area contributed by atoms with Crippen LogP contribution in [0.1, 0.15) is 29.8 Å². The molecule has 98 valence electrons. The SMILES string of the molecule is O[C@@H]1CC(c2ccccc2Br)Oc2ccc(Cl)cc21. The van der Waals surface area contributed by atoms with Crippen LogP contribution in [0, 0.1) is 0 Å². The van der Waals surface area contributed by atoms with Crippen molar-refractivity contribution >= 4 is 27.5 Å². The van der Waals surface area contributed by atoms with Crippen LogP contribution in [0.15, 0.2) is 46.9 Å². The summed E-state index contributed by atoms with van der Waals surface area (Å²) in [4.78, 5) is 0. The van der Waals surface area contributed by atoms with Crippen LogP contribution in [0.2, 0.25) is 5.02 Å². The number of aliphatic hydroxyl groups excluding tert-OH is 1. The molecule has 0 radical (unpaired) electrons. The molecule has 0 saturated carbocycles. The molecule has 2 aromatic rings. The second-order valence-corrected chi connectivity index (χ2v) is 5.85. The summed E-state index contributed by atoms with van der Waals surface area (Å²) in [6, 6.07) is 13.2. The molecule has 0 fully saturated rings. The van der Waals surface area contributed by atoms with Gasteiger partial charge in [0.2, 0.25) is 0 Å². The normalized spacial score (nSPS) is 21.6. The maximum atomic E-state index is 10.3. The summed E-state index contributed by atoms with van der Waals surface area (Å²) >= 11 is 9.47. The van der Waals surface area contributed by atoms with E-state index >= 15 is 0 Å². The lowest BCUT2D eigenvalue weighted by Gasteiger charge is -2.30. The average molecular weight is 340 g/mol. The molecule has 0 bridgehead atoms. The maximum Gasteiger partial charge on any atom is 0.128 e. The molecular weight excluding hydrogens is 328 g/mol. The molecular formula is C15H12BrClO2. The Labute approximate surface area is 125 Å². The molecule has 1 aliphatic rings. The minimum atomic E-state index is -0.556. The van der Waals surface area contributed by atoms with Crippen molar-refractivity contribution < 1.29 is 9.84 Å². The second kappa shape index (κ2) is 5.16. The van der Waals surface area contributed by atoms with E-state index in [9.17, 15) is 5.11 Å². The van der Waals surface area contributed by atoms with Crippen molar-refractivity contribution in [2.45, 2.75) is 18.6 Å². The van der Waals surface area contributed by atoms with Crippen LogP contribution in [0.4, 0.5) is 0 Å². The van der Waals surface area contributed by atoms with Crippen molar-refractivity contribution in [2.75, 3.05) is 0 Å². The number of halogens is 2. The van der Waals surface area contributed by atoms with Gasteiger partial charge in [-0.15, -0.1) is 0 Å². The number of hydrogen-bond acceptors (Lipinski definition) is 2. The Morgan fingerprint density at radius 2 is 1.95 bits per heavy atom. The molecule has 1 heterocycles. The summed E-state index contributed by atoms with van der Waals surface area (Å²) in [6.45, 7) is 0. The van der Waals surface area contributed by atoms with Crippen LogP contribution >= 0.6 is 27.5 Å². The number of rotatable bonds is 1. The Balaban J connectivity index is 1.97. The van der Waals surface area contributed by atoms with Gasteiger partial charge in [0, 0.05) is 27.0 Å². The van der Waals surface area contributed by atoms with Crippen LogP contribution in [0.3, 0.4) is 0 Å². The Kier molecular flexibility index (Phi) is 3.52. The zero-order valence-electron chi connectivity index (χ0n) is 10.0. The molecule has 0 aromatic heterocycles. The number of benzene rings is 2. The fourth-order valence-corrected chi connectivity index (χ4v) is 3.07. The highest BCUT2D eigenvalue weighted by atomic mass is 79.9. The molecule has 2 aromatic carbocycles. The molecule has 2 nitrogen and oxygen atoms in total. The summed E-state index contributed by atoms with van der Waals surface area (Å²) in [5.41, 5.74) is 1.80. The highest BCUT2D eigenvalue weighted by Gasteiger charge is 2.29. The van der Waals surface area contributed by atoms with E-state index in [1.807, 2.05) is 30.3 Å². The van der Waals surface area contributed by atoms with Crippen molar-refractivity contribution in [3.05, 3.63) is 63.1 Å². The zero-order valence-corrected chi connectivity index (χ0v) is 12.4. The third-order valence-electron chi connectivity index (χ3n) is 3.29. The highest BCUT2D eigenvalue weighted by Crippen LogP contribution is 2.43. The first-order valence-electron chi connectivity index (χ1n) is 6.04. The van der Waals surface area contributed by atoms with Gasteiger partial charge in [0.1, 0.15) is 11.9 Å². The van der Waals surface area contributed by atoms with Gasteiger partial charge in [0.05, 0.1) is 6.10 Å². The van der Waals surface area contributed by atoms with Crippen molar-refractivity contribution in [1.82, 2.24) is 0 Å². The van der Waals surface area contributed by atoms with Crippen LogP contribution in [-0.4, -0.2) is 5.11 Å². The van der Waals surface area contributed by atoms with E-state index in [0.29, 0.717) is 17.2 Å². The molecule has 0 aliphatic carbocycles. The van der Waals surface area contributed by atoms with Crippen LogP contribution in [0.25, 0.3) is 0 Å². The fourth-order valence-electron chi connectivity index (χ4n) is 2.34. The monoisotopic (exact) mass is 338 g/mol. The lowest BCUT2D eigenvalue weighted by atomic mass is 9.95. The van der Waals surface area contributed by atoms with E-state index < -0.39 is 6.10 Å². The molecule has 4 heteroatoms. The van der Waals surface area contributed by atoms with Crippen LogP contribution in [-0.2, 0) is 0 Å². The number of aliphatic hydroxyl groups is 1. The number of hydrogen-bond donors (Lipinski definition) is 1. The van der Waals surface area contributed by atoms with Crippen molar-refractivity contribution in [2.24, 2.45) is 0 Å². The summed E-state index contributed by atoms with van der Waals surface area (Å²) in [5, 5.41) is 10.9. The molecule has 0 amide bonds. The van der Waals surface area contributed by atoms with Gasteiger partial charge in [-0.3, -0.25) is 0 Å². The Bertz CT molecular complexity index is 615. The molecule has 19 heavy (non-hydrogen) atoms. The Morgan fingerprint density at radius 3 is 2.74 bits per heavy atom. The molecule has 2 atom stereocenters. The highest BCUT2D eigenvalue weighted by molar-refractivity contribution is 9.10. The largest absolute Gasteiger partial charge is 0.485 e. The van der Waals surface area contributed by atoms with Gasteiger partial charge in [-0.1, -0.05) is 45.7 Å². The number of ether oxygens (including phenoxy) is 1. The predicted molar refractivity (Wildman–Crippen MR) is 78.5 cm³/mol. The topological polar surface area (TPSA) is 29.5 Å². The van der Waals surface area contributed by atoms with Crippen LogP contribution < -0.4 is 4.74 Å². The third-order valence-corrected chi connectivity index (χ3v) is 4.25. The van der Waals surface area contributed by atoms with Crippen LogP contribution in [0.5, 0.6) is 5.75 Å². The lowest BCUT2D eigenvalue weighted by molar-refractivity contribution is 0.0654. The molecule has 0 saturated heterocycles. The van der Waals surface area contributed by atoms with E-state index in [1.54, 1.807) is 12.1 Å². The van der Waals surface area contributed by atoms with Gasteiger partial charge < -0.3 is 9.84 Å². The minimum absolute atomic E-state index is 0.153. The first kappa shape index (κ1) is 13.0. The number of fused-ring (bicyclic) bond motifs is 1. The first-order chi connectivity index (χ1) is 9.15. The smallest absolute Gasteiger partial charge is 0.128 e. The fraction of sp³-hybridized carbons (Fsp3) is 0.200. The molecule has 3 rings (SSSR count). The van der Waals surface area contributed by atoms with Gasteiger partial charge in [-0.05, 0) is 24.3 Å². The van der Waals surface area contributed by atoms with Gasteiger partial charge in [0.15, 0.2) is 0 Å². The average Bonchev–Trinajstić information content (AvgIpc) is 2.40. The van der Waals surface area contributed by atoms with Gasteiger partial charge in [-0.2, -0.15) is 0 Å². The Hall–Kier alpha value is -1.03. The summed E-state index contributed by atoms with van der Waals surface area (Å²) in [6.07, 6.45) is -0.186. The quantitative estimate of drug-likeness (QED) is 0.819. The summed E-state index contributed by atoms with van der Waals surface area (Å²) < 4.78 is 6.97. The molecule has 1 unspecified atom stereocenters. The van der Waals surface area contributed by atoms with Crippen molar-refractivity contribution in [3.63, 3.8) is 0 Å². The van der Waals surface area contributed by atoms with Crippen molar-refractivity contribution in [3.8, 4) is 5.75 Å². The summed E-state index contributed by atoms with van der Waals surface area (Å²) in [5.74, 6) is 0.698. The molecule has 1 N–H and O–H groups in total. The zero-order chi connectivity index (χ0) is 13.4. The minimum Gasteiger partial charge on any atom is -0.485 e. The first-order valence-corrected chi connectivity index (χ1v) is 7.21. The van der Waals surface area contributed by atoms with E-state index in [-0.39, 0.29) is 6.10 Å². The van der Waals surface area contributed by atoms with Gasteiger partial charge in [0.25, 0.3) is 0 Å². The van der Waals surface area contributed by atoms with E-state index in [1.165, 1.54) is 0 Å². The summed E-state index contributed by atoms with van der Waals surface area (Å²) in [7, 11) is 0.